The number of carbonyl (C=O) groups excluding carboxylic acids is 6. The number of fused-ring (bicyclic) bond motifs is 2. The highest BCUT2D eigenvalue weighted by atomic mass is 16.6. The summed E-state index contributed by atoms with van der Waals surface area (Å²) in [4.78, 5) is 83.0. The largest absolute Gasteiger partial charge is 0.458 e. The first kappa shape index (κ1) is 39.6. The number of esters is 1. The molecule has 0 spiro atoms. The molecule has 6 atom stereocenters. The number of hydrogen-bond donors (Lipinski definition) is 4. The molecule has 2 fully saturated rings. The van der Waals surface area contributed by atoms with Crippen molar-refractivity contribution in [1.82, 2.24) is 26.2 Å². The van der Waals surface area contributed by atoms with Crippen molar-refractivity contribution in [2.24, 2.45) is 29.1 Å². The van der Waals surface area contributed by atoms with Gasteiger partial charge in [-0.05, 0) is 80.2 Å². The summed E-state index contributed by atoms with van der Waals surface area (Å²) >= 11 is 0. The number of benzene rings is 1. The number of carbonyl (C=O) groups is 6. The molecule has 1 heterocycles. The third kappa shape index (κ3) is 9.18. The van der Waals surface area contributed by atoms with Crippen molar-refractivity contribution in [3.05, 3.63) is 48.0 Å². The Bertz CT molecular complexity index is 1490. The summed E-state index contributed by atoms with van der Waals surface area (Å²) in [6, 6.07) is 3.30. The molecule has 1 unspecified atom stereocenters. The van der Waals surface area contributed by atoms with Gasteiger partial charge in [-0.2, -0.15) is 0 Å². The zero-order valence-electron chi connectivity index (χ0n) is 31.5. The second kappa shape index (κ2) is 16.0. The van der Waals surface area contributed by atoms with Gasteiger partial charge in [0.2, 0.25) is 17.6 Å². The molecular weight excluding hydrogens is 650 g/mol. The van der Waals surface area contributed by atoms with E-state index in [0.29, 0.717) is 25.8 Å². The quantitative estimate of drug-likeness (QED) is 0.123. The van der Waals surface area contributed by atoms with E-state index in [0.717, 1.165) is 17.5 Å². The van der Waals surface area contributed by atoms with Crippen molar-refractivity contribution < 1.29 is 33.5 Å². The van der Waals surface area contributed by atoms with Crippen molar-refractivity contribution in [1.29, 1.82) is 0 Å². The number of hydrogen-bond acceptors (Lipinski definition) is 7. The van der Waals surface area contributed by atoms with Crippen molar-refractivity contribution >= 4 is 35.5 Å². The van der Waals surface area contributed by atoms with Crippen LogP contribution in [0.5, 0.6) is 0 Å². The van der Waals surface area contributed by atoms with Crippen LogP contribution in [-0.4, -0.2) is 83.3 Å². The second-order valence-corrected chi connectivity index (χ2v) is 16.2. The SMILES string of the molecule is C=CCNC(=O)C(=O)C(CCCC)NC(=O)[C@@H]1[C@@H]2[C@H](CN1C(=O)[C@@H](NC(=O)N[C@H](C(=O)OC(C)(C)C)C(C)C)C1Cc3ccccc3C1)C2(C)C. The highest BCUT2D eigenvalue weighted by Gasteiger charge is 2.69. The van der Waals surface area contributed by atoms with Crippen molar-refractivity contribution in [3.8, 4) is 0 Å². The predicted octanol–water partition coefficient (Wildman–Crippen LogP) is 3.46. The molecule has 1 aromatic rings. The standard InChI is InChI=1S/C39H57N5O7/c1-10-12-17-27(32(45)34(47)40-18-11-2)41-33(46)31-28-26(39(28,8)9)21-44(31)35(48)30(25-19-23-15-13-14-16-24(23)20-25)43-37(50)42-29(22(3)4)36(49)51-38(5,6)7/h11,13-16,22,25-31H,2,10,12,17-21H2,1,3-9H3,(H,40,47)(H,41,46)(H2,42,43,50)/t26-,27?,28-,29-,30-,31-/m0/s1. The maximum absolute atomic E-state index is 14.7. The number of rotatable bonds is 15. The van der Waals surface area contributed by atoms with Gasteiger partial charge in [-0.25, -0.2) is 9.59 Å². The van der Waals surface area contributed by atoms with Crippen LogP contribution in [-0.2, 0) is 41.6 Å². The van der Waals surface area contributed by atoms with Crippen molar-refractivity contribution in [3.63, 3.8) is 0 Å². The van der Waals surface area contributed by atoms with Crippen molar-refractivity contribution in [2.45, 2.75) is 117 Å². The molecule has 5 amide bonds. The van der Waals surface area contributed by atoms with Crippen molar-refractivity contribution in [2.75, 3.05) is 13.1 Å². The molecule has 3 aliphatic rings. The van der Waals surface area contributed by atoms with Gasteiger partial charge in [0.25, 0.3) is 5.91 Å². The molecule has 4 rings (SSSR count). The minimum atomic E-state index is -1.05. The molecule has 4 N–H and O–H groups in total. The van der Waals surface area contributed by atoms with Gasteiger partial charge < -0.3 is 30.9 Å². The number of likely N-dealkylation sites (tertiary alicyclic amines) is 1. The van der Waals surface area contributed by atoms with E-state index in [9.17, 15) is 28.8 Å². The van der Waals surface area contributed by atoms with E-state index >= 15 is 0 Å². The average Bonchev–Trinajstić information content (AvgIpc) is 3.42. The van der Waals surface area contributed by atoms with Gasteiger partial charge in [0, 0.05) is 13.1 Å². The first-order valence-corrected chi connectivity index (χ1v) is 18.3. The monoisotopic (exact) mass is 707 g/mol. The van der Waals surface area contributed by atoms with Crippen LogP contribution in [0.4, 0.5) is 4.79 Å². The van der Waals surface area contributed by atoms with Crippen LogP contribution in [0, 0.1) is 29.1 Å². The number of amides is 5. The summed E-state index contributed by atoms with van der Waals surface area (Å²) in [5.41, 5.74) is 1.20. The minimum absolute atomic E-state index is 0.0469. The number of nitrogens with zero attached hydrogens (tertiary/aromatic N) is 1. The van der Waals surface area contributed by atoms with Crippen LogP contribution in [0.15, 0.2) is 36.9 Å². The van der Waals surface area contributed by atoms with E-state index in [4.69, 9.17) is 4.74 Å². The van der Waals surface area contributed by atoms with E-state index in [1.807, 2.05) is 31.2 Å². The molecular formula is C39H57N5O7. The Balaban J connectivity index is 1.61. The number of ketones is 1. The topological polar surface area (TPSA) is 163 Å². The van der Waals surface area contributed by atoms with E-state index in [2.05, 4.69) is 41.7 Å². The van der Waals surface area contributed by atoms with E-state index in [-0.39, 0.29) is 42.1 Å². The molecule has 51 heavy (non-hydrogen) atoms. The van der Waals surface area contributed by atoms with Crippen LogP contribution in [0.3, 0.4) is 0 Å². The second-order valence-electron chi connectivity index (χ2n) is 16.2. The summed E-state index contributed by atoms with van der Waals surface area (Å²) in [5.74, 6) is -3.73. The number of piperidine rings is 1. The fourth-order valence-corrected chi connectivity index (χ4v) is 7.73. The van der Waals surface area contributed by atoms with Crippen LogP contribution in [0.1, 0.15) is 85.8 Å². The van der Waals surface area contributed by atoms with E-state index < -0.39 is 65.3 Å². The normalized spacial score (nSPS) is 22.1. The van der Waals surface area contributed by atoms with E-state index in [1.165, 1.54) is 6.08 Å². The predicted molar refractivity (Wildman–Crippen MR) is 193 cm³/mol. The number of unbranched alkanes of at least 4 members (excludes halogenated alkanes) is 1. The molecule has 1 aromatic carbocycles. The van der Waals surface area contributed by atoms with Gasteiger partial charge in [0.05, 0.1) is 6.04 Å². The Labute approximate surface area is 302 Å². The molecule has 1 saturated carbocycles. The summed E-state index contributed by atoms with van der Waals surface area (Å²) in [6.45, 7) is 18.9. The summed E-state index contributed by atoms with van der Waals surface area (Å²) < 4.78 is 5.57. The maximum Gasteiger partial charge on any atom is 0.329 e. The Kier molecular flexibility index (Phi) is 12.4. The van der Waals surface area contributed by atoms with Gasteiger partial charge in [-0.3, -0.25) is 19.2 Å². The third-order valence-electron chi connectivity index (χ3n) is 10.6. The third-order valence-corrected chi connectivity index (χ3v) is 10.6. The molecule has 0 bridgehead atoms. The Morgan fingerprint density at radius 1 is 1.02 bits per heavy atom. The molecule has 1 saturated heterocycles. The molecule has 1 aliphatic heterocycles. The summed E-state index contributed by atoms with van der Waals surface area (Å²) in [5, 5.41) is 11.0. The van der Waals surface area contributed by atoms with Gasteiger partial charge in [0.15, 0.2) is 0 Å². The fourth-order valence-electron chi connectivity index (χ4n) is 7.73. The smallest absolute Gasteiger partial charge is 0.329 e. The summed E-state index contributed by atoms with van der Waals surface area (Å²) in [6.07, 6.45) is 4.20. The lowest BCUT2D eigenvalue weighted by atomic mass is 9.93. The molecule has 12 nitrogen and oxygen atoms in total. The maximum atomic E-state index is 14.7. The Morgan fingerprint density at radius 3 is 2.20 bits per heavy atom. The van der Waals surface area contributed by atoms with Gasteiger partial charge >= 0.3 is 12.0 Å². The Morgan fingerprint density at radius 2 is 1.65 bits per heavy atom. The number of Topliss-reactive ketones (excluding diaryl/α,β-unsaturated/α-hetero) is 1. The number of urea groups is 1. The molecule has 2 aliphatic carbocycles. The lowest BCUT2D eigenvalue weighted by Crippen LogP contribution is -2.61. The van der Waals surface area contributed by atoms with Crippen LogP contribution < -0.4 is 21.3 Å². The van der Waals surface area contributed by atoms with Crippen LogP contribution >= 0.6 is 0 Å². The molecule has 0 radical (unpaired) electrons. The Hall–Kier alpha value is -4.22. The number of ether oxygens (including phenoxy) is 1. The van der Waals surface area contributed by atoms with Gasteiger partial charge in [-0.15, -0.1) is 6.58 Å². The van der Waals surface area contributed by atoms with E-state index in [1.54, 1.807) is 39.5 Å². The van der Waals surface area contributed by atoms with Gasteiger partial charge in [0.1, 0.15) is 23.7 Å². The average molecular weight is 708 g/mol. The number of nitrogens with one attached hydrogen (secondary N) is 4. The fraction of sp³-hybridized carbons (Fsp3) is 0.641. The first-order chi connectivity index (χ1) is 23.9. The minimum Gasteiger partial charge on any atom is -0.458 e. The zero-order chi connectivity index (χ0) is 37.8. The highest BCUT2D eigenvalue weighted by molar-refractivity contribution is 6.38. The van der Waals surface area contributed by atoms with Crippen LogP contribution in [0.25, 0.3) is 0 Å². The summed E-state index contributed by atoms with van der Waals surface area (Å²) in [7, 11) is 0. The lowest BCUT2D eigenvalue weighted by Gasteiger charge is -2.35. The van der Waals surface area contributed by atoms with Gasteiger partial charge in [-0.1, -0.05) is 77.8 Å². The molecule has 0 aromatic heterocycles. The molecule has 12 heteroatoms. The first-order valence-electron chi connectivity index (χ1n) is 18.3. The van der Waals surface area contributed by atoms with Crippen LogP contribution in [0.2, 0.25) is 0 Å². The highest BCUT2D eigenvalue weighted by Crippen LogP contribution is 2.65. The molecule has 280 valence electrons. The zero-order valence-corrected chi connectivity index (χ0v) is 31.5. The lowest BCUT2D eigenvalue weighted by molar-refractivity contribution is -0.158.